The first-order valence-electron chi connectivity index (χ1n) is 5.28. The molecule has 0 aromatic heterocycles. The Bertz CT molecular complexity index is 219. The monoisotopic (exact) mass is 193 g/mol. The number of rotatable bonds is 1. The molecule has 2 N–H and O–H groups in total. The molecule has 0 radical (unpaired) electrons. The smallest absolute Gasteiger partial charge is 0.00799 e. The second-order valence-corrected chi connectivity index (χ2v) is 4.40. The lowest BCUT2D eigenvalue weighted by atomic mass is 9.87. The van der Waals surface area contributed by atoms with Crippen molar-refractivity contribution in [2.45, 2.75) is 39.5 Å². The highest BCUT2D eigenvalue weighted by Crippen LogP contribution is 2.20. The standard InChI is InChI=1S/C10H14.C3H9N/c1-10(2,3)9-7-5-4-6-8-9;1-2-3-4/h4-8H,1-3H3;2-4H2,1H3. The molecular weight excluding hydrogens is 170 g/mol. The van der Waals surface area contributed by atoms with E-state index in [1.165, 1.54) is 5.56 Å². The maximum absolute atomic E-state index is 5.03. The van der Waals surface area contributed by atoms with Gasteiger partial charge in [0.15, 0.2) is 0 Å². The van der Waals surface area contributed by atoms with E-state index in [0.717, 1.165) is 13.0 Å². The molecule has 1 aromatic rings. The summed E-state index contributed by atoms with van der Waals surface area (Å²) in [6, 6.07) is 10.6. The summed E-state index contributed by atoms with van der Waals surface area (Å²) in [5.41, 5.74) is 6.72. The van der Waals surface area contributed by atoms with Crippen molar-refractivity contribution in [1.82, 2.24) is 0 Å². The molecular formula is C13H23N. The minimum atomic E-state index is 0.293. The van der Waals surface area contributed by atoms with Crippen LogP contribution < -0.4 is 5.73 Å². The maximum atomic E-state index is 5.03. The van der Waals surface area contributed by atoms with Gasteiger partial charge in [-0.1, -0.05) is 58.0 Å². The van der Waals surface area contributed by atoms with E-state index in [0.29, 0.717) is 5.41 Å². The van der Waals surface area contributed by atoms with E-state index in [9.17, 15) is 0 Å². The fraction of sp³-hybridized carbons (Fsp3) is 0.538. The Morgan fingerprint density at radius 3 is 1.71 bits per heavy atom. The van der Waals surface area contributed by atoms with Crippen LogP contribution >= 0.6 is 0 Å². The number of hydrogen-bond donors (Lipinski definition) is 1. The molecule has 0 saturated heterocycles. The largest absolute Gasteiger partial charge is 0.330 e. The van der Waals surface area contributed by atoms with Gasteiger partial charge >= 0.3 is 0 Å². The molecule has 0 amide bonds. The minimum absolute atomic E-state index is 0.293. The summed E-state index contributed by atoms with van der Waals surface area (Å²) < 4.78 is 0. The molecule has 0 aliphatic rings. The van der Waals surface area contributed by atoms with Gasteiger partial charge in [0.05, 0.1) is 0 Å². The third-order valence-corrected chi connectivity index (χ3v) is 1.93. The molecule has 1 heteroatoms. The van der Waals surface area contributed by atoms with Crippen LogP contribution in [0.15, 0.2) is 30.3 Å². The zero-order chi connectivity index (χ0) is 11.0. The van der Waals surface area contributed by atoms with Crippen LogP contribution in [0.25, 0.3) is 0 Å². The summed E-state index contributed by atoms with van der Waals surface area (Å²) in [5, 5.41) is 0. The van der Waals surface area contributed by atoms with Gasteiger partial charge in [0.1, 0.15) is 0 Å². The van der Waals surface area contributed by atoms with Crippen molar-refractivity contribution in [1.29, 1.82) is 0 Å². The van der Waals surface area contributed by atoms with Gasteiger partial charge in [0, 0.05) is 0 Å². The van der Waals surface area contributed by atoms with E-state index in [4.69, 9.17) is 5.73 Å². The first-order valence-corrected chi connectivity index (χ1v) is 5.28. The van der Waals surface area contributed by atoms with Gasteiger partial charge in [-0.3, -0.25) is 0 Å². The lowest BCUT2D eigenvalue weighted by Gasteiger charge is -2.18. The van der Waals surface area contributed by atoms with Crippen LogP contribution in [0, 0.1) is 0 Å². The fourth-order valence-corrected chi connectivity index (χ4v) is 0.938. The Morgan fingerprint density at radius 1 is 1.07 bits per heavy atom. The van der Waals surface area contributed by atoms with Crippen LogP contribution in [0.3, 0.4) is 0 Å². The van der Waals surface area contributed by atoms with E-state index in [1.54, 1.807) is 0 Å². The normalized spacial score (nSPS) is 10.4. The minimum Gasteiger partial charge on any atom is -0.330 e. The molecule has 80 valence electrons. The Balaban J connectivity index is 0.000000364. The van der Waals surface area contributed by atoms with Gasteiger partial charge in [0.25, 0.3) is 0 Å². The van der Waals surface area contributed by atoms with Crippen molar-refractivity contribution in [2.24, 2.45) is 5.73 Å². The second kappa shape index (κ2) is 6.61. The van der Waals surface area contributed by atoms with Gasteiger partial charge in [-0.05, 0) is 23.9 Å². The van der Waals surface area contributed by atoms with Gasteiger partial charge in [-0.25, -0.2) is 0 Å². The Hall–Kier alpha value is -0.820. The van der Waals surface area contributed by atoms with Gasteiger partial charge in [-0.2, -0.15) is 0 Å². The molecule has 14 heavy (non-hydrogen) atoms. The summed E-state index contributed by atoms with van der Waals surface area (Å²) in [6.45, 7) is 9.55. The van der Waals surface area contributed by atoms with Gasteiger partial charge < -0.3 is 5.73 Å². The fourth-order valence-electron chi connectivity index (χ4n) is 0.938. The molecule has 1 aromatic carbocycles. The van der Waals surface area contributed by atoms with Crippen molar-refractivity contribution in [3.8, 4) is 0 Å². The van der Waals surface area contributed by atoms with Gasteiger partial charge in [0.2, 0.25) is 0 Å². The molecule has 0 unspecified atom stereocenters. The zero-order valence-corrected chi connectivity index (χ0v) is 9.88. The molecule has 0 spiro atoms. The topological polar surface area (TPSA) is 26.0 Å². The second-order valence-electron chi connectivity index (χ2n) is 4.40. The van der Waals surface area contributed by atoms with E-state index in [-0.39, 0.29) is 0 Å². The molecule has 0 heterocycles. The van der Waals surface area contributed by atoms with Crippen molar-refractivity contribution in [2.75, 3.05) is 6.54 Å². The Morgan fingerprint density at radius 2 is 1.50 bits per heavy atom. The van der Waals surface area contributed by atoms with E-state index < -0.39 is 0 Å². The third kappa shape index (κ3) is 5.76. The number of benzene rings is 1. The maximum Gasteiger partial charge on any atom is -0.00799 e. The van der Waals surface area contributed by atoms with Crippen LogP contribution in [-0.2, 0) is 5.41 Å². The van der Waals surface area contributed by atoms with Crippen molar-refractivity contribution >= 4 is 0 Å². The molecule has 0 bridgehead atoms. The number of nitrogens with two attached hydrogens (primary N) is 1. The Kier molecular flexibility index (Phi) is 6.22. The lowest BCUT2D eigenvalue weighted by Crippen LogP contribution is -2.10. The van der Waals surface area contributed by atoms with Crippen LogP contribution in [-0.4, -0.2) is 6.54 Å². The summed E-state index contributed by atoms with van der Waals surface area (Å²) in [6.07, 6.45) is 1.10. The van der Waals surface area contributed by atoms with E-state index in [2.05, 4.69) is 58.0 Å². The SMILES string of the molecule is CC(C)(C)c1ccccc1.CCCN. The first kappa shape index (κ1) is 13.2. The quantitative estimate of drug-likeness (QED) is 0.727. The molecule has 0 saturated carbocycles. The predicted octanol–water partition coefficient (Wildman–Crippen LogP) is 3.34. The summed E-state index contributed by atoms with van der Waals surface area (Å²) in [5.74, 6) is 0. The van der Waals surface area contributed by atoms with E-state index in [1.807, 2.05) is 0 Å². The molecule has 1 nitrogen and oxygen atoms in total. The highest BCUT2D eigenvalue weighted by atomic mass is 14.5. The summed E-state index contributed by atoms with van der Waals surface area (Å²) >= 11 is 0. The van der Waals surface area contributed by atoms with Gasteiger partial charge in [-0.15, -0.1) is 0 Å². The highest BCUT2D eigenvalue weighted by Gasteiger charge is 2.11. The van der Waals surface area contributed by atoms with Crippen molar-refractivity contribution < 1.29 is 0 Å². The molecule has 0 atom stereocenters. The third-order valence-electron chi connectivity index (χ3n) is 1.93. The van der Waals surface area contributed by atoms with Crippen molar-refractivity contribution in [3.05, 3.63) is 35.9 Å². The lowest BCUT2D eigenvalue weighted by molar-refractivity contribution is 0.590. The van der Waals surface area contributed by atoms with E-state index >= 15 is 0 Å². The summed E-state index contributed by atoms with van der Waals surface area (Å²) in [4.78, 5) is 0. The average molecular weight is 193 g/mol. The first-order chi connectivity index (χ1) is 6.52. The predicted molar refractivity (Wildman–Crippen MR) is 64.5 cm³/mol. The molecule has 0 fully saturated rings. The van der Waals surface area contributed by atoms with Crippen LogP contribution in [0.4, 0.5) is 0 Å². The molecule has 1 rings (SSSR count). The van der Waals surface area contributed by atoms with Crippen LogP contribution in [0.1, 0.15) is 39.7 Å². The van der Waals surface area contributed by atoms with Crippen LogP contribution in [0.5, 0.6) is 0 Å². The highest BCUT2D eigenvalue weighted by molar-refractivity contribution is 5.21. The average Bonchev–Trinajstić information content (AvgIpc) is 2.18. The Labute approximate surface area is 88.3 Å². The molecule has 0 aliphatic carbocycles. The number of hydrogen-bond acceptors (Lipinski definition) is 1. The zero-order valence-electron chi connectivity index (χ0n) is 9.88. The summed E-state index contributed by atoms with van der Waals surface area (Å²) in [7, 11) is 0. The van der Waals surface area contributed by atoms with Crippen molar-refractivity contribution in [3.63, 3.8) is 0 Å². The van der Waals surface area contributed by atoms with Crippen LogP contribution in [0.2, 0.25) is 0 Å². The molecule has 0 aliphatic heterocycles.